The largest absolute Gasteiger partial charge is 0.755 e. The Labute approximate surface area is 348 Å². The monoisotopic (exact) mass is 868 g/mol. The molecule has 58 heavy (non-hydrogen) atoms. The average molecular weight is 870 g/mol. The molecule has 13 nitrogen and oxygen atoms in total. The smallest absolute Gasteiger partial charge is 0.387 e. The van der Waals surface area contributed by atoms with Gasteiger partial charge in [-0.2, -0.15) is 13.5 Å². The molecule has 3 aromatic rings. The normalized spacial score (nSPS) is 18.1. The second kappa shape index (κ2) is 19.0. The summed E-state index contributed by atoms with van der Waals surface area (Å²) >= 11 is 10.0. The number of ether oxygens (including phenoxy) is 5. The minimum absolute atomic E-state index is 0.0361. The predicted octanol–water partition coefficient (Wildman–Crippen LogP) is 7.24. The first kappa shape index (κ1) is 43.6. The molecule has 1 saturated heterocycles. The van der Waals surface area contributed by atoms with Crippen molar-refractivity contribution in [3.63, 3.8) is 0 Å². The molecule has 18 heteroatoms. The molecule has 2 aromatic carbocycles. The number of halogens is 4. The molecule has 0 amide bonds. The van der Waals surface area contributed by atoms with E-state index in [9.17, 15) is 32.3 Å². The fourth-order valence-electron chi connectivity index (χ4n) is 6.58. The van der Waals surface area contributed by atoms with Gasteiger partial charge in [-0.3, -0.25) is 23.0 Å². The number of carbonyl (C=O) groups is 2. The third-order valence-electron chi connectivity index (χ3n) is 9.79. The molecule has 2 saturated carbocycles. The number of likely N-dealkylation sites (tertiary alicyclic amines) is 1. The lowest BCUT2D eigenvalue weighted by atomic mass is 10.0. The number of benzene rings is 2. The van der Waals surface area contributed by atoms with Gasteiger partial charge < -0.3 is 33.4 Å². The summed E-state index contributed by atoms with van der Waals surface area (Å²) in [6.07, 6.45) is 6.13. The van der Waals surface area contributed by atoms with E-state index in [4.69, 9.17) is 46.9 Å². The Morgan fingerprint density at radius 2 is 1.60 bits per heavy atom. The minimum atomic E-state index is -3.10. The van der Waals surface area contributed by atoms with Crippen molar-refractivity contribution in [2.75, 3.05) is 30.6 Å². The van der Waals surface area contributed by atoms with Crippen molar-refractivity contribution in [1.82, 2.24) is 4.90 Å². The minimum Gasteiger partial charge on any atom is -0.755 e. The number of pyridine rings is 1. The van der Waals surface area contributed by atoms with Crippen molar-refractivity contribution in [2.24, 2.45) is 11.8 Å². The van der Waals surface area contributed by atoms with E-state index < -0.39 is 54.1 Å². The highest BCUT2D eigenvalue weighted by molar-refractivity contribution is 7.80. The lowest BCUT2D eigenvalue weighted by Gasteiger charge is -2.30. The zero-order valence-corrected chi connectivity index (χ0v) is 34.7. The lowest BCUT2D eigenvalue weighted by Crippen LogP contribution is -2.38. The van der Waals surface area contributed by atoms with E-state index in [1.165, 1.54) is 18.2 Å². The molecular weight excluding hydrogens is 823 g/mol. The van der Waals surface area contributed by atoms with Gasteiger partial charge in [-0.25, -0.2) is 0 Å². The van der Waals surface area contributed by atoms with Crippen LogP contribution in [0.15, 0.2) is 48.8 Å². The zero-order valence-electron chi connectivity index (χ0n) is 32.3. The number of esters is 2. The number of anilines is 1. The molecule has 2 aliphatic carbocycles. The van der Waals surface area contributed by atoms with Crippen LogP contribution in [-0.2, 0) is 43.3 Å². The van der Waals surface area contributed by atoms with Crippen molar-refractivity contribution in [3.8, 4) is 17.2 Å². The van der Waals surface area contributed by atoms with E-state index in [1.807, 2.05) is 4.90 Å². The van der Waals surface area contributed by atoms with Crippen LogP contribution in [0, 0.1) is 17.0 Å². The van der Waals surface area contributed by atoms with E-state index in [1.54, 1.807) is 39.0 Å². The molecule has 3 fully saturated rings. The van der Waals surface area contributed by atoms with Gasteiger partial charge in [-0.1, -0.05) is 35.3 Å². The Kier molecular flexibility index (Phi) is 14.3. The van der Waals surface area contributed by atoms with E-state index in [2.05, 4.69) is 0 Å². The van der Waals surface area contributed by atoms with Crippen LogP contribution in [0.2, 0.25) is 10.0 Å². The van der Waals surface area contributed by atoms with Gasteiger partial charge in [0.1, 0.15) is 40.1 Å². The molecule has 2 heterocycles. The van der Waals surface area contributed by atoms with E-state index >= 15 is 0 Å². The van der Waals surface area contributed by atoms with Gasteiger partial charge in [0.15, 0.2) is 23.9 Å². The number of alkyl halides is 2. The molecule has 1 aliphatic heterocycles. The summed E-state index contributed by atoms with van der Waals surface area (Å²) in [5.74, 6) is -0.504. The topological polar surface area (TPSA) is 154 Å². The van der Waals surface area contributed by atoms with Gasteiger partial charge in [-0.15, -0.1) is 0 Å². The molecule has 0 spiro atoms. The standard InChI is InChI=1S/C40H47Cl2F2N3O10S/c1-40(2,3)57-37(48)21-47(58(51)52)32-15-26(10-12-33(32)53-22-24-6-7-24)18-45-14-4-5-31(45)38(49)55-35(17-28-29(41)19-46(50)20-30(28)42)27-11-13-34(56-39(43)44)36(16-27)54-23-25-8-9-25/h10-13,15-16,19-20,24-25,31,35,39H,4-9,14,17-18,21-23H2,1-3H3,(H,51,52)/p-1/t31-,35-/m0/s1. The summed E-state index contributed by atoms with van der Waals surface area (Å²) in [7, 11) is 0. The van der Waals surface area contributed by atoms with Crippen LogP contribution in [0.4, 0.5) is 14.5 Å². The average Bonchev–Trinajstić information content (AvgIpc) is 4.08. The van der Waals surface area contributed by atoms with Crippen LogP contribution in [0.1, 0.15) is 82.1 Å². The lowest BCUT2D eigenvalue weighted by molar-refractivity contribution is -0.605. The summed E-state index contributed by atoms with van der Waals surface area (Å²) in [6.45, 7) is 2.79. The maximum absolute atomic E-state index is 14.2. The van der Waals surface area contributed by atoms with Gasteiger partial charge in [0.2, 0.25) is 0 Å². The van der Waals surface area contributed by atoms with Gasteiger partial charge in [0.25, 0.3) is 0 Å². The Balaban J connectivity index is 1.26. The second-order valence-electron chi connectivity index (χ2n) is 15.8. The Morgan fingerprint density at radius 3 is 2.21 bits per heavy atom. The first-order chi connectivity index (χ1) is 27.5. The first-order valence-electron chi connectivity index (χ1n) is 19.1. The van der Waals surface area contributed by atoms with Crippen molar-refractivity contribution in [1.29, 1.82) is 0 Å². The van der Waals surface area contributed by atoms with Crippen LogP contribution < -0.4 is 23.2 Å². The van der Waals surface area contributed by atoms with E-state index in [0.717, 1.165) is 42.4 Å². The first-order valence-corrected chi connectivity index (χ1v) is 20.9. The Hall–Kier alpha value is -3.96. The zero-order chi connectivity index (χ0) is 41.7. The Morgan fingerprint density at radius 1 is 0.966 bits per heavy atom. The van der Waals surface area contributed by atoms with Crippen LogP contribution in [0.5, 0.6) is 17.2 Å². The molecule has 0 radical (unpaired) electrons. The third-order valence-corrected chi connectivity index (χ3v) is 11.1. The highest BCUT2D eigenvalue weighted by Crippen LogP contribution is 2.39. The molecular formula is C40H46Cl2F2N3O10S-. The van der Waals surface area contributed by atoms with Crippen LogP contribution in [0.3, 0.4) is 0 Å². The fraction of sp³-hybridized carbons (Fsp3) is 0.525. The maximum atomic E-state index is 14.2. The molecule has 3 atom stereocenters. The molecule has 3 aliphatic rings. The van der Waals surface area contributed by atoms with Crippen molar-refractivity contribution >= 4 is 52.1 Å². The quantitative estimate of drug-likeness (QED) is 0.0519. The highest BCUT2D eigenvalue weighted by Gasteiger charge is 2.35. The number of carbonyl (C=O) groups excluding carboxylic acids is 2. The third kappa shape index (κ3) is 12.3. The molecule has 316 valence electrons. The number of nitrogens with zero attached hydrogens (tertiary/aromatic N) is 3. The summed E-state index contributed by atoms with van der Waals surface area (Å²) < 4.78 is 81.5. The van der Waals surface area contributed by atoms with Crippen LogP contribution >= 0.6 is 23.2 Å². The van der Waals surface area contributed by atoms with Crippen molar-refractivity contribution in [2.45, 2.75) is 96.6 Å². The van der Waals surface area contributed by atoms with Gasteiger partial charge in [0.05, 0.1) is 18.9 Å². The van der Waals surface area contributed by atoms with Crippen molar-refractivity contribution in [3.05, 3.63) is 80.7 Å². The number of hydrogen-bond donors (Lipinski definition) is 0. The van der Waals surface area contributed by atoms with Gasteiger partial charge in [0, 0.05) is 29.8 Å². The summed E-state index contributed by atoms with van der Waals surface area (Å²) in [4.78, 5) is 28.9. The van der Waals surface area contributed by atoms with Crippen molar-refractivity contribution < 1.29 is 55.5 Å². The molecule has 0 N–H and O–H groups in total. The second-order valence-corrected chi connectivity index (χ2v) is 17.5. The van der Waals surface area contributed by atoms with E-state index in [0.29, 0.717) is 65.9 Å². The predicted molar refractivity (Wildman–Crippen MR) is 209 cm³/mol. The maximum Gasteiger partial charge on any atom is 0.387 e. The SMILES string of the molecule is CC(C)(C)OC(=O)CN(c1cc(CN2CCC[C@H]2C(=O)O[C@@H](Cc2c(Cl)c[n+]([O-])cc2Cl)c2ccc(OC(F)F)c(OCC3CC3)c2)ccc1OCC1CC1)S(=O)[O-]. The number of rotatable bonds is 19. The number of aromatic nitrogens is 1. The summed E-state index contributed by atoms with van der Waals surface area (Å²) in [6, 6.07) is 8.62. The highest BCUT2D eigenvalue weighted by atomic mass is 35.5. The van der Waals surface area contributed by atoms with Gasteiger partial charge >= 0.3 is 18.6 Å². The fourth-order valence-corrected chi connectivity index (χ4v) is 7.69. The summed E-state index contributed by atoms with van der Waals surface area (Å²) in [5, 5.41) is 12.1. The molecule has 1 unspecified atom stereocenters. The van der Waals surface area contributed by atoms with Crippen LogP contribution in [-0.4, -0.2) is 70.2 Å². The summed E-state index contributed by atoms with van der Waals surface area (Å²) in [5.41, 5.74) is 0.679. The molecule has 0 bridgehead atoms. The van der Waals surface area contributed by atoms with Crippen LogP contribution in [0.25, 0.3) is 0 Å². The Bertz CT molecular complexity index is 1960. The molecule has 6 rings (SSSR count). The van der Waals surface area contributed by atoms with E-state index in [-0.39, 0.29) is 45.9 Å². The molecule has 1 aromatic heterocycles. The van der Waals surface area contributed by atoms with Gasteiger partial charge in [-0.05, 0) is 113 Å². The number of hydrogen-bond acceptors (Lipinski definition) is 11.